The average Bonchev–Trinajstić information content (AvgIpc) is 2.98. The van der Waals surface area contributed by atoms with Gasteiger partial charge in [0, 0.05) is 31.0 Å². The highest BCUT2D eigenvalue weighted by Gasteiger charge is 2.22. The fraction of sp³-hybridized carbons (Fsp3) is 0.200. The van der Waals surface area contributed by atoms with Crippen molar-refractivity contribution in [3.05, 3.63) is 41.6 Å². The molecular formula is C15H14ClN5O2. The molecule has 0 spiro atoms. The Hall–Kier alpha value is -2.67. The van der Waals surface area contributed by atoms with Gasteiger partial charge in [-0.3, -0.25) is 9.59 Å². The quantitative estimate of drug-likeness (QED) is 0.935. The van der Waals surface area contributed by atoms with E-state index in [0.717, 1.165) is 5.69 Å². The van der Waals surface area contributed by atoms with Crippen LogP contribution in [0.3, 0.4) is 0 Å². The molecule has 0 aliphatic carbocycles. The molecule has 118 valence electrons. The fourth-order valence-electron chi connectivity index (χ4n) is 2.23. The fourth-order valence-corrected chi connectivity index (χ4v) is 2.42. The van der Waals surface area contributed by atoms with Crippen LogP contribution in [-0.4, -0.2) is 39.4 Å². The topological polar surface area (TPSA) is 79.6 Å². The lowest BCUT2D eigenvalue weighted by Gasteiger charge is -2.19. The SMILES string of the molecule is CN1N=C(C(=O)Nc2ccnn2-c2cccc(Cl)c2)CCC1=O. The van der Waals surface area contributed by atoms with Gasteiger partial charge in [0.25, 0.3) is 5.91 Å². The Morgan fingerprint density at radius 2 is 2.13 bits per heavy atom. The van der Waals surface area contributed by atoms with E-state index < -0.39 is 0 Å². The maximum Gasteiger partial charge on any atom is 0.273 e. The van der Waals surface area contributed by atoms with E-state index in [1.54, 1.807) is 35.1 Å². The molecule has 0 saturated heterocycles. The Bertz CT molecular complexity index is 799. The number of nitrogens with zero attached hydrogens (tertiary/aromatic N) is 4. The van der Waals surface area contributed by atoms with Crippen LogP contribution in [0.5, 0.6) is 0 Å². The van der Waals surface area contributed by atoms with Crippen molar-refractivity contribution in [1.29, 1.82) is 0 Å². The molecule has 7 nitrogen and oxygen atoms in total. The molecular weight excluding hydrogens is 318 g/mol. The number of nitrogens with one attached hydrogen (secondary N) is 1. The number of carbonyl (C=O) groups excluding carboxylic acids is 2. The van der Waals surface area contributed by atoms with Gasteiger partial charge < -0.3 is 5.32 Å². The zero-order chi connectivity index (χ0) is 16.4. The third-order valence-electron chi connectivity index (χ3n) is 3.41. The lowest BCUT2D eigenvalue weighted by atomic mass is 10.1. The van der Waals surface area contributed by atoms with Crippen molar-refractivity contribution in [2.24, 2.45) is 5.10 Å². The molecule has 1 aliphatic rings. The standard InChI is InChI=1S/C15H14ClN5O2/c1-20-14(22)6-5-12(19-20)15(23)18-13-7-8-17-21(13)11-4-2-3-10(16)9-11/h2-4,7-9H,5-6H2,1H3,(H,18,23). The summed E-state index contributed by atoms with van der Waals surface area (Å²) in [5.41, 5.74) is 1.04. The van der Waals surface area contributed by atoms with E-state index in [0.29, 0.717) is 23.0 Å². The van der Waals surface area contributed by atoms with Gasteiger partial charge >= 0.3 is 0 Å². The van der Waals surface area contributed by atoms with Crippen molar-refractivity contribution in [2.45, 2.75) is 12.8 Å². The highest BCUT2D eigenvalue weighted by atomic mass is 35.5. The number of amides is 2. The lowest BCUT2D eigenvalue weighted by Crippen LogP contribution is -2.34. The van der Waals surface area contributed by atoms with Gasteiger partial charge in [0.05, 0.1) is 11.9 Å². The molecule has 0 saturated carbocycles. The van der Waals surface area contributed by atoms with E-state index in [2.05, 4.69) is 15.5 Å². The van der Waals surface area contributed by atoms with Gasteiger partial charge in [0.15, 0.2) is 0 Å². The van der Waals surface area contributed by atoms with Gasteiger partial charge in [0.2, 0.25) is 5.91 Å². The molecule has 3 rings (SSSR count). The predicted molar refractivity (Wildman–Crippen MR) is 86.6 cm³/mol. The predicted octanol–water partition coefficient (Wildman–Crippen LogP) is 2.07. The Morgan fingerprint density at radius 3 is 2.87 bits per heavy atom. The second-order valence-electron chi connectivity index (χ2n) is 5.03. The molecule has 0 radical (unpaired) electrons. The Labute approximate surface area is 137 Å². The smallest absolute Gasteiger partial charge is 0.273 e. The molecule has 8 heteroatoms. The Kier molecular flexibility index (Phi) is 4.12. The van der Waals surface area contributed by atoms with Crippen LogP contribution in [0.25, 0.3) is 5.69 Å². The largest absolute Gasteiger partial charge is 0.305 e. The van der Waals surface area contributed by atoms with Crippen LogP contribution >= 0.6 is 11.6 Å². The Morgan fingerprint density at radius 1 is 1.30 bits per heavy atom. The molecule has 2 aromatic rings. The summed E-state index contributed by atoms with van der Waals surface area (Å²) in [6, 6.07) is 8.82. The number of aromatic nitrogens is 2. The van der Waals surface area contributed by atoms with Crippen LogP contribution in [0.1, 0.15) is 12.8 Å². The summed E-state index contributed by atoms with van der Waals surface area (Å²) in [5, 5.41) is 12.7. The molecule has 2 amide bonds. The van der Waals surface area contributed by atoms with Crippen LogP contribution in [-0.2, 0) is 9.59 Å². The van der Waals surface area contributed by atoms with Gasteiger partial charge in [-0.25, -0.2) is 9.69 Å². The number of benzene rings is 1. The van der Waals surface area contributed by atoms with Gasteiger partial charge in [-0.2, -0.15) is 10.2 Å². The second kappa shape index (κ2) is 6.21. The van der Waals surface area contributed by atoms with E-state index >= 15 is 0 Å². The number of anilines is 1. The second-order valence-corrected chi connectivity index (χ2v) is 5.46. The van der Waals surface area contributed by atoms with Crippen molar-refractivity contribution < 1.29 is 9.59 Å². The summed E-state index contributed by atoms with van der Waals surface area (Å²) in [7, 11) is 1.53. The third kappa shape index (κ3) is 3.24. The molecule has 1 N–H and O–H groups in total. The number of hydrazone groups is 1. The lowest BCUT2D eigenvalue weighted by molar-refractivity contribution is -0.130. The van der Waals surface area contributed by atoms with E-state index in [9.17, 15) is 9.59 Å². The first-order chi connectivity index (χ1) is 11.0. The van der Waals surface area contributed by atoms with E-state index in [-0.39, 0.29) is 18.2 Å². The molecule has 0 unspecified atom stereocenters. The third-order valence-corrected chi connectivity index (χ3v) is 3.64. The maximum atomic E-state index is 12.3. The van der Waals surface area contributed by atoms with E-state index in [4.69, 9.17) is 11.6 Å². The Balaban J connectivity index is 1.82. The molecule has 1 aromatic heterocycles. The van der Waals surface area contributed by atoms with Crippen molar-refractivity contribution in [3.63, 3.8) is 0 Å². The molecule has 1 aliphatic heterocycles. The van der Waals surface area contributed by atoms with E-state index in [1.165, 1.54) is 12.1 Å². The summed E-state index contributed by atoms with van der Waals surface area (Å²) in [6.45, 7) is 0. The average molecular weight is 332 g/mol. The van der Waals surface area contributed by atoms with Gasteiger partial charge in [0.1, 0.15) is 11.5 Å². The summed E-state index contributed by atoms with van der Waals surface area (Å²) in [4.78, 5) is 23.7. The minimum atomic E-state index is -0.354. The number of hydrogen-bond acceptors (Lipinski definition) is 4. The van der Waals surface area contributed by atoms with Crippen LogP contribution in [0.15, 0.2) is 41.6 Å². The summed E-state index contributed by atoms with van der Waals surface area (Å²) < 4.78 is 1.57. The first-order valence-electron chi connectivity index (χ1n) is 7.00. The molecule has 0 bridgehead atoms. The van der Waals surface area contributed by atoms with Crippen molar-refractivity contribution in [1.82, 2.24) is 14.8 Å². The molecule has 23 heavy (non-hydrogen) atoms. The normalized spacial score (nSPS) is 14.6. The summed E-state index contributed by atoms with van der Waals surface area (Å²) in [6.07, 6.45) is 2.17. The minimum Gasteiger partial charge on any atom is -0.305 e. The van der Waals surface area contributed by atoms with Crippen molar-refractivity contribution in [2.75, 3.05) is 12.4 Å². The van der Waals surface area contributed by atoms with Crippen LogP contribution < -0.4 is 5.32 Å². The first-order valence-corrected chi connectivity index (χ1v) is 7.38. The highest BCUT2D eigenvalue weighted by Crippen LogP contribution is 2.19. The minimum absolute atomic E-state index is 0.106. The first kappa shape index (κ1) is 15.2. The number of hydrogen-bond donors (Lipinski definition) is 1. The molecule has 1 aromatic carbocycles. The number of halogens is 1. The zero-order valence-corrected chi connectivity index (χ0v) is 13.1. The molecule has 0 atom stereocenters. The monoisotopic (exact) mass is 331 g/mol. The maximum absolute atomic E-state index is 12.3. The number of rotatable bonds is 3. The van der Waals surface area contributed by atoms with Crippen LogP contribution in [0.2, 0.25) is 5.02 Å². The van der Waals surface area contributed by atoms with Crippen molar-refractivity contribution in [3.8, 4) is 5.69 Å². The summed E-state index contributed by atoms with van der Waals surface area (Å²) in [5.74, 6) is 0.0400. The van der Waals surface area contributed by atoms with Crippen molar-refractivity contribution >= 4 is 34.9 Å². The zero-order valence-electron chi connectivity index (χ0n) is 12.4. The molecule has 2 heterocycles. The summed E-state index contributed by atoms with van der Waals surface area (Å²) >= 11 is 5.99. The molecule has 0 fully saturated rings. The van der Waals surface area contributed by atoms with Gasteiger partial charge in [-0.15, -0.1) is 0 Å². The van der Waals surface area contributed by atoms with E-state index in [1.807, 2.05) is 6.07 Å². The number of carbonyl (C=O) groups is 2. The highest BCUT2D eigenvalue weighted by molar-refractivity contribution is 6.43. The van der Waals surface area contributed by atoms with Gasteiger partial charge in [-0.1, -0.05) is 17.7 Å². The van der Waals surface area contributed by atoms with Crippen LogP contribution in [0, 0.1) is 0 Å². The van der Waals surface area contributed by atoms with Gasteiger partial charge in [-0.05, 0) is 18.2 Å². The van der Waals surface area contributed by atoms with Crippen LogP contribution in [0.4, 0.5) is 5.82 Å².